The first-order valence-electron chi connectivity index (χ1n) is 4.77. The molecule has 0 bridgehead atoms. The Labute approximate surface area is 87.1 Å². The zero-order valence-corrected chi connectivity index (χ0v) is 7.97. The largest absolute Gasteiger partial charge is 0.355 e. The van der Waals surface area contributed by atoms with Crippen LogP contribution in [-0.4, -0.2) is 5.16 Å². The van der Waals surface area contributed by atoms with Gasteiger partial charge in [0.1, 0.15) is 5.52 Å². The highest BCUT2D eigenvalue weighted by atomic mass is 16.5. The van der Waals surface area contributed by atoms with Crippen molar-refractivity contribution in [2.75, 3.05) is 0 Å². The molecule has 2 aromatic carbocycles. The van der Waals surface area contributed by atoms with Crippen molar-refractivity contribution < 1.29 is 4.52 Å². The maximum Gasteiger partial charge on any atom is 0.175 e. The predicted molar refractivity (Wildman–Crippen MR) is 58.3 cm³/mol. The van der Waals surface area contributed by atoms with E-state index in [2.05, 4.69) is 11.2 Å². The van der Waals surface area contributed by atoms with E-state index >= 15 is 0 Å². The van der Waals surface area contributed by atoms with Gasteiger partial charge in [-0.1, -0.05) is 41.6 Å². The van der Waals surface area contributed by atoms with Crippen LogP contribution in [-0.2, 0) is 0 Å². The molecule has 0 fully saturated rings. The molecule has 1 aromatic heterocycles. The van der Waals surface area contributed by atoms with E-state index in [9.17, 15) is 0 Å². The lowest BCUT2D eigenvalue weighted by Gasteiger charge is -1.93. The van der Waals surface area contributed by atoms with E-state index in [1.807, 2.05) is 48.5 Å². The van der Waals surface area contributed by atoms with Gasteiger partial charge in [0.05, 0.1) is 0 Å². The predicted octanol–water partition coefficient (Wildman–Crippen LogP) is 3.29. The lowest BCUT2D eigenvalue weighted by Crippen LogP contribution is -1.73. The average molecular weight is 194 g/mol. The molecule has 0 aliphatic heterocycles. The summed E-state index contributed by atoms with van der Waals surface area (Å²) in [7, 11) is 0. The third-order valence-corrected chi connectivity index (χ3v) is 2.34. The molecule has 3 aromatic rings. The van der Waals surface area contributed by atoms with E-state index in [0.29, 0.717) is 0 Å². The second-order valence-electron chi connectivity index (χ2n) is 3.31. The summed E-state index contributed by atoms with van der Waals surface area (Å²) >= 11 is 0. The molecule has 0 aliphatic rings. The molecule has 71 valence electrons. The monoisotopic (exact) mass is 194 g/mol. The van der Waals surface area contributed by atoms with Gasteiger partial charge in [0, 0.05) is 10.9 Å². The Kier molecular flexibility index (Phi) is 1.78. The normalized spacial score (nSPS) is 10.7. The summed E-state index contributed by atoms with van der Waals surface area (Å²) in [6.45, 7) is 0. The van der Waals surface area contributed by atoms with Crippen molar-refractivity contribution in [1.82, 2.24) is 5.16 Å². The smallest absolute Gasteiger partial charge is 0.175 e. The first kappa shape index (κ1) is 8.24. The molecule has 0 atom stereocenters. The lowest BCUT2D eigenvalue weighted by atomic mass is 10.1. The van der Waals surface area contributed by atoms with Gasteiger partial charge in [0.15, 0.2) is 5.76 Å². The molecule has 2 nitrogen and oxygen atoms in total. The molecule has 15 heavy (non-hydrogen) atoms. The second-order valence-corrected chi connectivity index (χ2v) is 3.31. The molecule has 3 rings (SSSR count). The Morgan fingerprint density at radius 3 is 2.73 bits per heavy atom. The van der Waals surface area contributed by atoms with Crippen LogP contribution in [0.1, 0.15) is 0 Å². The summed E-state index contributed by atoms with van der Waals surface area (Å²) in [5.41, 5.74) is 1.82. The molecular formula is C13H8NO. The van der Waals surface area contributed by atoms with E-state index in [1.54, 1.807) is 0 Å². The average Bonchev–Trinajstić information content (AvgIpc) is 2.74. The zero-order chi connectivity index (χ0) is 10.1. The number of nitrogens with zero attached hydrogens (tertiary/aromatic N) is 1. The summed E-state index contributed by atoms with van der Waals surface area (Å²) in [6.07, 6.45) is 0. The molecule has 1 heterocycles. The van der Waals surface area contributed by atoms with Crippen molar-refractivity contribution in [2.24, 2.45) is 0 Å². The molecule has 0 saturated carbocycles. The number of aromatic nitrogens is 1. The van der Waals surface area contributed by atoms with Gasteiger partial charge in [-0.15, -0.1) is 0 Å². The van der Waals surface area contributed by atoms with Gasteiger partial charge in [-0.05, 0) is 18.2 Å². The molecule has 0 N–H and O–H groups in total. The highest BCUT2D eigenvalue weighted by Gasteiger charge is 2.08. The first-order chi connectivity index (χ1) is 7.45. The fraction of sp³-hybridized carbons (Fsp3) is 0. The second kappa shape index (κ2) is 3.24. The van der Waals surface area contributed by atoms with Crippen LogP contribution in [0.5, 0.6) is 0 Å². The topological polar surface area (TPSA) is 26.0 Å². The van der Waals surface area contributed by atoms with Gasteiger partial charge < -0.3 is 4.52 Å². The Hall–Kier alpha value is -2.09. The van der Waals surface area contributed by atoms with E-state index in [0.717, 1.165) is 22.2 Å². The molecule has 0 spiro atoms. The third-order valence-electron chi connectivity index (χ3n) is 2.34. The minimum Gasteiger partial charge on any atom is -0.355 e. The van der Waals surface area contributed by atoms with Crippen LogP contribution < -0.4 is 0 Å². The summed E-state index contributed by atoms with van der Waals surface area (Å²) in [4.78, 5) is 0. The molecule has 0 aliphatic carbocycles. The fourth-order valence-electron chi connectivity index (χ4n) is 1.62. The molecule has 2 heteroatoms. The van der Waals surface area contributed by atoms with E-state index in [4.69, 9.17) is 4.52 Å². The number of rotatable bonds is 1. The van der Waals surface area contributed by atoms with Crippen LogP contribution >= 0.6 is 0 Å². The number of fused-ring (bicyclic) bond motifs is 1. The van der Waals surface area contributed by atoms with Crippen LogP contribution in [0, 0.1) is 6.07 Å². The van der Waals surface area contributed by atoms with Crippen LogP contribution in [0.4, 0.5) is 0 Å². The Balaban J connectivity index is 2.28. The van der Waals surface area contributed by atoms with Crippen molar-refractivity contribution in [2.45, 2.75) is 0 Å². The maximum absolute atomic E-state index is 5.32. The molecule has 0 unspecified atom stereocenters. The minimum atomic E-state index is 0.784. The lowest BCUT2D eigenvalue weighted by molar-refractivity contribution is 0.441. The molecule has 0 amide bonds. The maximum atomic E-state index is 5.32. The van der Waals surface area contributed by atoms with E-state index in [1.165, 1.54) is 0 Å². The Morgan fingerprint density at radius 2 is 1.87 bits per heavy atom. The zero-order valence-electron chi connectivity index (χ0n) is 7.97. The van der Waals surface area contributed by atoms with Crippen LogP contribution in [0.2, 0.25) is 0 Å². The minimum absolute atomic E-state index is 0.784. The van der Waals surface area contributed by atoms with Crippen molar-refractivity contribution in [3.63, 3.8) is 0 Å². The third kappa shape index (κ3) is 1.31. The SMILES string of the molecule is [c]1ccccc1-c1onc2ccccc12. The quantitative estimate of drug-likeness (QED) is 0.594. The first-order valence-corrected chi connectivity index (χ1v) is 4.77. The van der Waals surface area contributed by atoms with Gasteiger partial charge in [-0.2, -0.15) is 0 Å². The Morgan fingerprint density at radius 1 is 1.00 bits per heavy atom. The van der Waals surface area contributed by atoms with Crippen LogP contribution in [0.25, 0.3) is 22.2 Å². The number of hydrogen-bond donors (Lipinski definition) is 0. The van der Waals surface area contributed by atoms with Gasteiger partial charge in [0.25, 0.3) is 0 Å². The standard InChI is InChI=1S/C13H8NO/c1-2-6-10(7-3-1)13-11-8-4-5-9-12(11)14-15-13/h1-6,8-9H. The van der Waals surface area contributed by atoms with E-state index in [-0.39, 0.29) is 0 Å². The van der Waals surface area contributed by atoms with Crippen LogP contribution in [0.3, 0.4) is 0 Å². The van der Waals surface area contributed by atoms with Crippen molar-refractivity contribution in [1.29, 1.82) is 0 Å². The van der Waals surface area contributed by atoms with Crippen molar-refractivity contribution in [3.8, 4) is 11.3 Å². The van der Waals surface area contributed by atoms with Gasteiger partial charge in [-0.3, -0.25) is 0 Å². The summed E-state index contributed by atoms with van der Waals surface area (Å²) < 4.78 is 5.32. The molecule has 0 saturated heterocycles. The molecule has 1 radical (unpaired) electrons. The highest BCUT2D eigenvalue weighted by Crippen LogP contribution is 2.27. The van der Waals surface area contributed by atoms with Gasteiger partial charge >= 0.3 is 0 Å². The molecular weight excluding hydrogens is 186 g/mol. The summed E-state index contributed by atoms with van der Waals surface area (Å²) in [6, 6.07) is 18.7. The van der Waals surface area contributed by atoms with Crippen LogP contribution in [0.15, 0.2) is 53.1 Å². The number of hydrogen-bond acceptors (Lipinski definition) is 2. The summed E-state index contributed by atoms with van der Waals surface area (Å²) in [5.74, 6) is 0.784. The Bertz CT molecular complexity index is 584. The van der Waals surface area contributed by atoms with Crippen molar-refractivity contribution >= 4 is 10.9 Å². The van der Waals surface area contributed by atoms with Crippen molar-refractivity contribution in [3.05, 3.63) is 54.6 Å². The fourth-order valence-corrected chi connectivity index (χ4v) is 1.62. The number of benzene rings is 2. The van der Waals surface area contributed by atoms with Gasteiger partial charge in [0.2, 0.25) is 0 Å². The van der Waals surface area contributed by atoms with E-state index < -0.39 is 0 Å². The van der Waals surface area contributed by atoms with Gasteiger partial charge in [-0.25, -0.2) is 0 Å². The summed E-state index contributed by atoms with van der Waals surface area (Å²) in [5, 5.41) is 5.03. The highest BCUT2D eigenvalue weighted by molar-refractivity contribution is 5.91.